The number of anilines is 1. The van der Waals surface area contributed by atoms with E-state index in [1.165, 1.54) is 44.2 Å². The molecular formula is C44H57F2N7O5. The van der Waals surface area contributed by atoms with Gasteiger partial charge in [-0.3, -0.25) is 4.90 Å². The number of methoxy groups -OCH3 is 1. The molecule has 5 aliphatic rings. The Hall–Kier alpha value is -5.00. The number of terminal acetylenes is 1. The molecule has 0 saturated carbocycles. The van der Waals surface area contributed by atoms with E-state index in [-0.39, 0.29) is 69.6 Å². The van der Waals surface area contributed by atoms with Gasteiger partial charge in [-0.2, -0.15) is 9.97 Å². The quantitative estimate of drug-likeness (QED) is 0.198. The van der Waals surface area contributed by atoms with Crippen LogP contribution in [0.3, 0.4) is 0 Å². The number of amides is 1. The summed E-state index contributed by atoms with van der Waals surface area (Å²) in [7, 11) is 1.44. The van der Waals surface area contributed by atoms with Crippen LogP contribution in [-0.4, -0.2) is 114 Å². The third-order valence-corrected chi connectivity index (χ3v) is 11.5. The summed E-state index contributed by atoms with van der Waals surface area (Å²) in [5, 5.41) is 15.0. The van der Waals surface area contributed by atoms with E-state index < -0.39 is 11.6 Å². The molecule has 5 aliphatic heterocycles. The van der Waals surface area contributed by atoms with Crippen molar-refractivity contribution in [2.24, 2.45) is 0 Å². The van der Waals surface area contributed by atoms with E-state index in [9.17, 15) is 14.3 Å². The number of halogens is 2. The molecule has 58 heavy (non-hydrogen) atoms. The van der Waals surface area contributed by atoms with Crippen molar-refractivity contribution in [3.05, 3.63) is 41.5 Å². The summed E-state index contributed by atoms with van der Waals surface area (Å²) in [6, 6.07) is 5.53. The number of carbonyl (C=O) groups is 1. The van der Waals surface area contributed by atoms with Crippen LogP contribution in [0.15, 0.2) is 24.3 Å². The number of benzene rings is 2. The van der Waals surface area contributed by atoms with E-state index in [4.69, 9.17) is 20.9 Å². The zero-order valence-corrected chi connectivity index (χ0v) is 34.5. The highest BCUT2D eigenvalue weighted by Gasteiger charge is 2.45. The van der Waals surface area contributed by atoms with Crippen LogP contribution in [0, 0.1) is 24.0 Å². The summed E-state index contributed by atoms with van der Waals surface area (Å²) in [6.45, 7) is 14.6. The lowest BCUT2D eigenvalue weighted by Crippen LogP contribution is -2.53. The van der Waals surface area contributed by atoms with Crippen LogP contribution in [0.4, 0.5) is 19.4 Å². The summed E-state index contributed by atoms with van der Waals surface area (Å²) in [5.41, 5.74) is -0.124. The molecular weight excluding hydrogens is 745 g/mol. The van der Waals surface area contributed by atoms with Gasteiger partial charge in [0.1, 0.15) is 47.2 Å². The van der Waals surface area contributed by atoms with Gasteiger partial charge in [0.05, 0.1) is 24.3 Å². The van der Waals surface area contributed by atoms with Crippen molar-refractivity contribution >= 4 is 33.6 Å². The maximum absolute atomic E-state index is 16.8. The number of likely N-dealkylation sites (tertiary alicyclic amines) is 1. The Balaban J connectivity index is 0.000000324. The van der Waals surface area contributed by atoms with Crippen molar-refractivity contribution in [3.8, 4) is 41.2 Å². The zero-order chi connectivity index (χ0) is 41.4. The van der Waals surface area contributed by atoms with Gasteiger partial charge in [-0.1, -0.05) is 52.5 Å². The van der Waals surface area contributed by atoms with Gasteiger partial charge < -0.3 is 34.4 Å². The fraction of sp³-hybridized carbons (Fsp3) is 0.545. The average Bonchev–Trinajstić information content (AvgIpc) is 3.67. The van der Waals surface area contributed by atoms with E-state index in [2.05, 4.69) is 35.7 Å². The molecule has 9 rings (SSSR count). The van der Waals surface area contributed by atoms with E-state index in [0.29, 0.717) is 36.3 Å². The number of aromatic nitrogens is 3. The monoisotopic (exact) mass is 801 g/mol. The number of phenols is 1. The molecule has 14 heteroatoms. The topological polar surface area (TPSA) is 125 Å². The number of piperazine rings is 1. The molecule has 0 spiro atoms. The Labute approximate surface area is 340 Å². The van der Waals surface area contributed by atoms with Crippen molar-refractivity contribution in [2.75, 3.05) is 71.0 Å². The van der Waals surface area contributed by atoms with Crippen LogP contribution >= 0.6 is 0 Å². The van der Waals surface area contributed by atoms with Gasteiger partial charge in [0, 0.05) is 43.7 Å². The minimum atomic E-state index is -0.759. The molecule has 0 radical (unpaired) electrons. The van der Waals surface area contributed by atoms with Gasteiger partial charge >= 0.3 is 12.1 Å². The second-order valence-electron chi connectivity index (χ2n) is 14.7. The fourth-order valence-electron chi connectivity index (χ4n) is 8.82. The first-order valence-corrected chi connectivity index (χ1v) is 20.9. The first-order valence-electron chi connectivity index (χ1n) is 20.9. The van der Waals surface area contributed by atoms with E-state index in [0.717, 1.165) is 71.2 Å². The number of hydrogen-bond acceptors (Lipinski definition) is 11. The number of pyridine rings is 1. The summed E-state index contributed by atoms with van der Waals surface area (Å²) >= 11 is 0. The summed E-state index contributed by atoms with van der Waals surface area (Å²) in [5.74, 6) is 1.53. The second-order valence-corrected chi connectivity index (χ2v) is 14.7. The Morgan fingerprint density at radius 2 is 1.71 bits per heavy atom. The Kier molecular flexibility index (Phi) is 14.1. The summed E-state index contributed by atoms with van der Waals surface area (Å²) < 4.78 is 48.9. The van der Waals surface area contributed by atoms with E-state index in [1.807, 2.05) is 27.7 Å². The molecule has 312 valence electrons. The Bertz CT molecular complexity index is 2110. The minimum Gasteiger partial charge on any atom is -0.508 e. The van der Waals surface area contributed by atoms with Crippen LogP contribution < -0.4 is 19.7 Å². The van der Waals surface area contributed by atoms with Crippen LogP contribution in [0.2, 0.25) is 0 Å². The average molecular weight is 802 g/mol. The number of rotatable bonds is 4. The van der Waals surface area contributed by atoms with Gasteiger partial charge in [0.15, 0.2) is 5.82 Å². The standard InChI is InChI=1S/C32H30F2N6O3.C8H15NO2.2C2H6/c1-2-21-23(33)6-5-18-13-20(41)14-22(24(18)21)27-26(34)28-25-29(40-12-9-35-15-19(40)16-42-30(25)36-27)38-31(37-28)43-17-32-7-3-10-39(32)11-4-8-32;1-11-8(10)9-6-4-2-3-5-7-9;2*1-2/h1,5-6,13-14,19,35,41H,3-4,7-12,15-17H2;2-7H2,1H3;2*1-2H3/t19-;;;/m0.../s1. The van der Waals surface area contributed by atoms with Gasteiger partial charge in [-0.25, -0.2) is 18.6 Å². The molecule has 7 heterocycles. The van der Waals surface area contributed by atoms with Crippen LogP contribution in [-0.2, 0) is 4.74 Å². The van der Waals surface area contributed by atoms with Gasteiger partial charge in [0.25, 0.3) is 0 Å². The van der Waals surface area contributed by atoms with Gasteiger partial charge in [-0.15, -0.1) is 6.42 Å². The zero-order valence-electron chi connectivity index (χ0n) is 34.5. The number of fused-ring (bicyclic) bond motifs is 4. The maximum Gasteiger partial charge on any atom is 0.409 e. The molecule has 1 amide bonds. The van der Waals surface area contributed by atoms with Crippen molar-refractivity contribution in [1.82, 2.24) is 30.1 Å². The Morgan fingerprint density at radius 3 is 2.40 bits per heavy atom. The van der Waals surface area contributed by atoms with E-state index >= 15 is 4.39 Å². The minimum absolute atomic E-state index is 0.0125. The largest absolute Gasteiger partial charge is 0.508 e. The van der Waals surface area contributed by atoms with Gasteiger partial charge in [-0.05, 0) is 75.2 Å². The molecule has 2 aromatic heterocycles. The lowest BCUT2D eigenvalue weighted by Gasteiger charge is -2.35. The molecule has 1 atom stereocenters. The fourth-order valence-corrected chi connectivity index (χ4v) is 8.82. The lowest BCUT2D eigenvalue weighted by molar-refractivity contribution is 0.108. The molecule has 0 bridgehead atoms. The number of aromatic hydroxyl groups is 1. The third-order valence-electron chi connectivity index (χ3n) is 11.5. The molecule has 12 nitrogen and oxygen atoms in total. The number of nitrogens with zero attached hydrogens (tertiary/aromatic N) is 6. The highest BCUT2D eigenvalue weighted by atomic mass is 19.1. The second kappa shape index (κ2) is 19.2. The normalized spacial score (nSPS) is 19.3. The van der Waals surface area contributed by atoms with Crippen molar-refractivity contribution < 1.29 is 32.9 Å². The number of hydrogen-bond donors (Lipinski definition) is 2. The van der Waals surface area contributed by atoms with Crippen LogP contribution in [0.25, 0.3) is 32.9 Å². The predicted molar refractivity (Wildman–Crippen MR) is 223 cm³/mol. The van der Waals surface area contributed by atoms with Crippen molar-refractivity contribution in [1.29, 1.82) is 0 Å². The molecule has 4 aromatic rings. The highest BCUT2D eigenvalue weighted by molar-refractivity contribution is 6.04. The molecule has 0 aliphatic carbocycles. The highest BCUT2D eigenvalue weighted by Crippen LogP contribution is 2.44. The Morgan fingerprint density at radius 1 is 0.983 bits per heavy atom. The molecule has 4 fully saturated rings. The van der Waals surface area contributed by atoms with Crippen molar-refractivity contribution in [3.63, 3.8) is 0 Å². The summed E-state index contributed by atoms with van der Waals surface area (Å²) in [4.78, 5) is 31.5. The molecule has 0 unspecified atom stereocenters. The number of ether oxygens (including phenoxy) is 3. The number of nitrogens with one attached hydrogen (secondary N) is 1. The molecule has 2 N–H and O–H groups in total. The number of phenolic OH excluding ortho intramolecular Hbond substituents is 1. The molecule has 2 aromatic carbocycles. The smallest absolute Gasteiger partial charge is 0.409 e. The van der Waals surface area contributed by atoms with Crippen molar-refractivity contribution in [2.45, 2.75) is 90.6 Å². The van der Waals surface area contributed by atoms with Gasteiger partial charge in [0.2, 0.25) is 5.88 Å². The lowest BCUT2D eigenvalue weighted by atomic mass is 9.95. The maximum atomic E-state index is 16.8. The molecule has 4 saturated heterocycles. The first kappa shape index (κ1) is 42.6. The van der Waals surface area contributed by atoms with Crippen LogP contribution in [0.5, 0.6) is 17.6 Å². The number of carbonyl (C=O) groups excluding carboxylic acids is 1. The summed E-state index contributed by atoms with van der Waals surface area (Å²) in [6.07, 6.45) is 14.6. The SMILES string of the molecule is C#Cc1c(F)ccc2cc(O)cc(-c3nc4c5c(nc(OCC67CCCN6CCC7)nc5c3F)N3CCNC[C@H]3CO4)c12.CC.CC.COC(=O)N1CCCCCC1. The van der Waals surface area contributed by atoms with Crippen LogP contribution in [0.1, 0.15) is 84.6 Å². The third kappa shape index (κ3) is 8.43. The van der Waals surface area contributed by atoms with E-state index in [1.54, 1.807) is 4.90 Å². The first-order chi connectivity index (χ1) is 28.3. The predicted octanol–water partition coefficient (Wildman–Crippen LogP) is 7.67.